The molecule has 9 heteroatoms. The SMILES string of the molecule is CCN1CCN(c2ccc(C(=O)NCCCCCCCCCCCCCCCCCCO[N+](=O)[O-])cn2)CC1. The van der Waals surface area contributed by atoms with Crippen molar-refractivity contribution in [1.29, 1.82) is 0 Å². The van der Waals surface area contributed by atoms with E-state index in [0.29, 0.717) is 5.56 Å². The average Bonchev–Trinajstić information content (AvgIpc) is 2.96. The largest absolute Gasteiger partial charge is 0.354 e. The molecule has 222 valence electrons. The van der Waals surface area contributed by atoms with E-state index in [1.165, 1.54) is 77.0 Å². The summed E-state index contributed by atoms with van der Waals surface area (Å²) in [6.07, 6.45) is 21.2. The van der Waals surface area contributed by atoms with Gasteiger partial charge >= 0.3 is 0 Å². The third-order valence-electron chi connectivity index (χ3n) is 7.71. The van der Waals surface area contributed by atoms with Crippen LogP contribution in [0.25, 0.3) is 0 Å². The predicted molar refractivity (Wildman–Crippen MR) is 158 cm³/mol. The van der Waals surface area contributed by atoms with E-state index in [9.17, 15) is 14.9 Å². The van der Waals surface area contributed by atoms with E-state index in [2.05, 4.69) is 31.9 Å². The van der Waals surface area contributed by atoms with Gasteiger partial charge in [0.1, 0.15) is 5.82 Å². The van der Waals surface area contributed by atoms with Crippen molar-refractivity contribution >= 4 is 11.7 Å². The Morgan fingerprint density at radius 1 is 0.846 bits per heavy atom. The van der Waals surface area contributed by atoms with Crippen LogP contribution in [0.4, 0.5) is 5.82 Å². The summed E-state index contributed by atoms with van der Waals surface area (Å²) in [6.45, 7) is 8.38. The number of aromatic nitrogens is 1. The zero-order chi connectivity index (χ0) is 28.0. The Bertz CT molecular complexity index is 769. The summed E-state index contributed by atoms with van der Waals surface area (Å²) in [7, 11) is 0. The first-order valence-corrected chi connectivity index (χ1v) is 15.6. The minimum atomic E-state index is -0.709. The van der Waals surface area contributed by atoms with Crippen molar-refractivity contribution in [2.75, 3.05) is 50.8 Å². The number of likely N-dealkylation sites (N-methyl/N-ethyl adjacent to an activating group) is 1. The number of carbonyl (C=O) groups is 1. The molecule has 39 heavy (non-hydrogen) atoms. The first-order chi connectivity index (χ1) is 19.1. The average molecular weight is 548 g/mol. The molecule has 0 spiro atoms. The van der Waals surface area contributed by atoms with Crippen LogP contribution in [-0.4, -0.2) is 66.8 Å². The van der Waals surface area contributed by atoms with Crippen LogP contribution in [0.1, 0.15) is 120 Å². The van der Waals surface area contributed by atoms with Gasteiger partial charge < -0.3 is 20.0 Å². The molecular weight excluding hydrogens is 494 g/mol. The molecule has 2 heterocycles. The second-order valence-corrected chi connectivity index (χ2v) is 10.8. The summed E-state index contributed by atoms with van der Waals surface area (Å²) in [5.74, 6) is 0.941. The number of nitrogens with zero attached hydrogens (tertiary/aromatic N) is 4. The molecular formula is C30H53N5O4. The standard InChI is InChI=1S/C30H53N5O4/c1-2-33-22-24-34(25-23-33)29-20-19-28(27-32-29)30(36)31-21-17-15-13-11-9-7-5-3-4-6-8-10-12-14-16-18-26-39-35(37)38/h19-20,27H,2-18,21-26H2,1H3,(H,31,36). The van der Waals surface area contributed by atoms with E-state index in [0.717, 1.165) is 70.8 Å². The molecule has 0 saturated carbocycles. The zero-order valence-electron chi connectivity index (χ0n) is 24.4. The topological polar surface area (TPSA) is 101 Å². The van der Waals surface area contributed by atoms with Crippen LogP contribution >= 0.6 is 0 Å². The molecule has 1 fully saturated rings. The fourth-order valence-electron chi connectivity index (χ4n) is 5.15. The maximum Gasteiger partial charge on any atom is 0.294 e. The number of carbonyl (C=O) groups excluding carboxylic acids is 1. The molecule has 0 aromatic carbocycles. The van der Waals surface area contributed by atoms with Gasteiger partial charge in [-0.15, -0.1) is 10.1 Å². The number of piperazine rings is 1. The molecule has 1 N–H and O–H groups in total. The Kier molecular flexibility index (Phi) is 18.0. The number of nitrogens with one attached hydrogen (secondary N) is 1. The lowest BCUT2D eigenvalue weighted by Gasteiger charge is -2.34. The molecule has 1 aliphatic heterocycles. The van der Waals surface area contributed by atoms with E-state index < -0.39 is 5.09 Å². The second kappa shape index (κ2) is 21.4. The van der Waals surface area contributed by atoms with Gasteiger partial charge in [-0.3, -0.25) is 4.79 Å². The molecule has 0 radical (unpaired) electrons. The van der Waals surface area contributed by atoms with Crippen molar-refractivity contribution in [2.24, 2.45) is 0 Å². The van der Waals surface area contributed by atoms with Crippen molar-refractivity contribution in [2.45, 2.75) is 110 Å². The monoisotopic (exact) mass is 547 g/mol. The van der Waals surface area contributed by atoms with Gasteiger partial charge in [-0.1, -0.05) is 96.8 Å². The zero-order valence-corrected chi connectivity index (χ0v) is 24.4. The lowest BCUT2D eigenvalue weighted by atomic mass is 10.0. The highest BCUT2D eigenvalue weighted by molar-refractivity contribution is 5.94. The van der Waals surface area contributed by atoms with Crippen LogP contribution in [0.2, 0.25) is 0 Å². The molecule has 1 aromatic heterocycles. The Morgan fingerprint density at radius 2 is 1.36 bits per heavy atom. The maximum atomic E-state index is 12.4. The fourth-order valence-corrected chi connectivity index (χ4v) is 5.15. The maximum absolute atomic E-state index is 12.4. The second-order valence-electron chi connectivity index (χ2n) is 10.8. The van der Waals surface area contributed by atoms with E-state index in [-0.39, 0.29) is 12.5 Å². The van der Waals surface area contributed by atoms with Crippen molar-refractivity contribution in [3.05, 3.63) is 34.0 Å². The van der Waals surface area contributed by atoms with Crippen LogP contribution in [0.15, 0.2) is 18.3 Å². The van der Waals surface area contributed by atoms with E-state index in [4.69, 9.17) is 0 Å². The summed E-state index contributed by atoms with van der Waals surface area (Å²) in [6, 6.07) is 3.87. The Balaban J connectivity index is 1.33. The predicted octanol–water partition coefficient (Wildman–Crippen LogP) is 6.40. The first kappa shape index (κ1) is 32.8. The molecule has 1 saturated heterocycles. The minimum absolute atomic E-state index is 0.0230. The Labute approximate surface area is 236 Å². The summed E-state index contributed by atoms with van der Waals surface area (Å²) < 4.78 is 0. The van der Waals surface area contributed by atoms with Crippen LogP contribution in [0.5, 0.6) is 0 Å². The van der Waals surface area contributed by atoms with Crippen LogP contribution in [0, 0.1) is 10.1 Å². The number of anilines is 1. The van der Waals surface area contributed by atoms with E-state index in [1.54, 1.807) is 6.20 Å². The van der Waals surface area contributed by atoms with Gasteiger partial charge in [0.25, 0.3) is 11.0 Å². The Morgan fingerprint density at radius 3 is 1.82 bits per heavy atom. The summed E-state index contributed by atoms with van der Waals surface area (Å²) >= 11 is 0. The van der Waals surface area contributed by atoms with Gasteiger partial charge in [0.2, 0.25) is 0 Å². The number of hydrogen-bond donors (Lipinski definition) is 1. The van der Waals surface area contributed by atoms with Crippen LogP contribution in [-0.2, 0) is 4.84 Å². The molecule has 1 aliphatic rings. The van der Waals surface area contributed by atoms with Gasteiger partial charge in [0.15, 0.2) is 0 Å². The Hall–Kier alpha value is -2.42. The van der Waals surface area contributed by atoms with Gasteiger partial charge in [0, 0.05) is 38.9 Å². The van der Waals surface area contributed by atoms with Crippen molar-refractivity contribution in [1.82, 2.24) is 15.2 Å². The fraction of sp³-hybridized carbons (Fsp3) is 0.800. The molecule has 2 rings (SSSR count). The van der Waals surface area contributed by atoms with Crippen LogP contribution in [0.3, 0.4) is 0 Å². The summed E-state index contributed by atoms with van der Waals surface area (Å²) in [5, 5.41) is 12.4. The quantitative estimate of drug-likeness (QED) is 0.0960. The van der Waals surface area contributed by atoms with Gasteiger partial charge in [-0.2, -0.15) is 0 Å². The lowest BCUT2D eigenvalue weighted by molar-refractivity contribution is -0.757. The normalized spacial score (nSPS) is 13.9. The number of unbranched alkanes of at least 4 members (excludes halogenated alkanes) is 15. The van der Waals surface area contributed by atoms with Crippen molar-refractivity contribution < 1.29 is 14.7 Å². The molecule has 1 amide bonds. The van der Waals surface area contributed by atoms with Gasteiger partial charge in [-0.05, 0) is 31.5 Å². The summed E-state index contributed by atoms with van der Waals surface area (Å²) in [4.78, 5) is 36.1. The number of rotatable bonds is 23. The third kappa shape index (κ3) is 15.7. The van der Waals surface area contributed by atoms with E-state index in [1.807, 2.05) is 12.1 Å². The van der Waals surface area contributed by atoms with Gasteiger partial charge in [-0.25, -0.2) is 4.98 Å². The van der Waals surface area contributed by atoms with Crippen LogP contribution < -0.4 is 10.2 Å². The molecule has 0 bridgehead atoms. The highest BCUT2D eigenvalue weighted by Gasteiger charge is 2.17. The smallest absolute Gasteiger partial charge is 0.294 e. The van der Waals surface area contributed by atoms with Crippen molar-refractivity contribution in [3.63, 3.8) is 0 Å². The molecule has 1 aromatic rings. The highest BCUT2D eigenvalue weighted by Crippen LogP contribution is 2.15. The third-order valence-corrected chi connectivity index (χ3v) is 7.71. The molecule has 0 aliphatic carbocycles. The number of hydrogen-bond acceptors (Lipinski definition) is 7. The first-order valence-electron chi connectivity index (χ1n) is 15.6. The molecule has 0 atom stereocenters. The lowest BCUT2D eigenvalue weighted by Crippen LogP contribution is -2.46. The number of amides is 1. The molecule has 9 nitrogen and oxygen atoms in total. The minimum Gasteiger partial charge on any atom is -0.354 e. The molecule has 0 unspecified atom stereocenters. The van der Waals surface area contributed by atoms with Gasteiger partial charge in [0.05, 0.1) is 12.2 Å². The highest BCUT2D eigenvalue weighted by atomic mass is 16.9. The van der Waals surface area contributed by atoms with E-state index >= 15 is 0 Å². The summed E-state index contributed by atoms with van der Waals surface area (Å²) in [5.41, 5.74) is 0.642. The van der Waals surface area contributed by atoms with Crippen molar-refractivity contribution in [3.8, 4) is 0 Å². The number of pyridine rings is 1.